The summed E-state index contributed by atoms with van der Waals surface area (Å²) in [6, 6.07) is 2.95. The molecule has 1 heterocycles. The largest absolute Gasteiger partial charge is 0.316 e. The van der Waals surface area contributed by atoms with Gasteiger partial charge in [0.05, 0.1) is 5.02 Å². The molecule has 0 amide bonds. The first-order chi connectivity index (χ1) is 9.86. The molecule has 1 aliphatic rings. The first-order valence-corrected chi connectivity index (χ1v) is 10.0. The predicted octanol–water partition coefficient (Wildman–Crippen LogP) is 1.47. The Kier molecular flexibility index (Phi) is 5.67. The van der Waals surface area contributed by atoms with Crippen LogP contribution in [0.15, 0.2) is 17.0 Å². The molecule has 0 spiro atoms. The molecule has 0 radical (unpaired) electrons. The molecule has 1 N–H and O–H groups in total. The van der Waals surface area contributed by atoms with Crippen molar-refractivity contribution in [3.63, 3.8) is 0 Å². The van der Waals surface area contributed by atoms with E-state index in [0.717, 1.165) is 0 Å². The minimum Gasteiger partial charge on any atom is -0.316 e. The van der Waals surface area contributed by atoms with Crippen LogP contribution < -0.4 is 5.32 Å². The lowest BCUT2D eigenvalue weighted by molar-refractivity contribution is 0.438. The summed E-state index contributed by atoms with van der Waals surface area (Å²) >= 11 is 12.1. The van der Waals surface area contributed by atoms with Crippen molar-refractivity contribution in [3.8, 4) is 0 Å². The van der Waals surface area contributed by atoms with Gasteiger partial charge < -0.3 is 5.32 Å². The van der Waals surface area contributed by atoms with E-state index in [9.17, 15) is 12.6 Å². The Morgan fingerprint density at radius 2 is 1.86 bits per heavy atom. The smallest absolute Gasteiger partial charge is 0.244 e. The molecule has 9 heteroatoms. The number of benzene rings is 1. The summed E-state index contributed by atoms with van der Waals surface area (Å²) in [5, 5.41) is 3.46. The molecular formula is C12H16Cl2N2O3S2. The monoisotopic (exact) mass is 370 g/mol. The summed E-state index contributed by atoms with van der Waals surface area (Å²) in [6.07, 6.45) is 0. The Morgan fingerprint density at radius 3 is 2.43 bits per heavy atom. The third-order valence-electron chi connectivity index (χ3n) is 3.22. The molecule has 2 rings (SSSR count). The molecule has 0 aliphatic carbocycles. The number of nitrogens with one attached hydrogen (secondary N) is 1. The van der Waals surface area contributed by atoms with Gasteiger partial charge in [-0.15, -0.1) is 0 Å². The Labute approximate surface area is 137 Å². The molecule has 1 aliphatic heterocycles. The SMILES string of the molecule is CNCc1cc(S(=O)(=O)N2CCS(=O)CC2)c(Cl)cc1Cl. The fourth-order valence-electron chi connectivity index (χ4n) is 2.10. The van der Waals surface area contributed by atoms with Gasteiger partial charge in [-0.2, -0.15) is 4.31 Å². The highest BCUT2D eigenvalue weighted by molar-refractivity contribution is 7.89. The Morgan fingerprint density at radius 1 is 1.24 bits per heavy atom. The van der Waals surface area contributed by atoms with Crippen molar-refractivity contribution in [2.75, 3.05) is 31.6 Å². The normalized spacial score (nSPS) is 18.0. The van der Waals surface area contributed by atoms with Crippen molar-refractivity contribution in [2.24, 2.45) is 0 Å². The van der Waals surface area contributed by atoms with E-state index in [1.54, 1.807) is 7.05 Å². The van der Waals surface area contributed by atoms with E-state index >= 15 is 0 Å². The fraction of sp³-hybridized carbons (Fsp3) is 0.500. The first-order valence-electron chi connectivity index (χ1n) is 6.34. The summed E-state index contributed by atoms with van der Waals surface area (Å²) in [5.41, 5.74) is 0.669. The van der Waals surface area contributed by atoms with Crippen molar-refractivity contribution in [2.45, 2.75) is 11.4 Å². The van der Waals surface area contributed by atoms with Gasteiger partial charge in [0.25, 0.3) is 0 Å². The highest BCUT2D eigenvalue weighted by atomic mass is 35.5. The zero-order valence-corrected chi connectivity index (χ0v) is 14.6. The lowest BCUT2D eigenvalue weighted by Crippen LogP contribution is -2.41. The van der Waals surface area contributed by atoms with E-state index in [1.807, 2.05) is 0 Å². The maximum Gasteiger partial charge on any atom is 0.244 e. The predicted molar refractivity (Wildman–Crippen MR) is 85.9 cm³/mol. The van der Waals surface area contributed by atoms with Gasteiger partial charge in [-0.3, -0.25) is 4.21 Å². The Hall–Kier alpha value is -0.180. The van der Waals surface area contributed by atoms with Gasteiger partial charge >= 0.3 is 0 Å². The quantitative estimate of drug-likeness (QED) is 0.871. The zero-order valence-electron chi connectivity index (χ0n) is 11.4. The number of hydrogen-bond donors (Lipinski definition) is 1. The average Bonchev–Trinajstić information content (AvgIpc) is 2.42. The van der Waals surface area contributed by atoms with Crippen molar-refractivity contribution in [3.05, 3.63) is 27.7 Å². The van der Waals surface area contributed by atoms with Crippen LogP contribution in [0.4, 0.5) is 0 Å². The summed E-state index contributed by atoms with van der Waals surface area (Å²) in [4.78, 5) is 0.0477. The highest BCUT2D eigenvalue weighted by Crippen LogP contribution is 2.31. The molecule has 1 aromatic rings. The van der Waals surface area contributed by atoms with Gasteiger partial charge in [0.15, 0.2) is 0 Å². The lowest BCUT2D eigenvalue weighted by atomic mass is 10.2. The van der Waals surface area contributed by atoms with E-state index in [0.29, 0.717) is 28.6 Å². The van der Waals surface area contributed by atoms with Crippen LogP contribution in [0.3, 0.4) is 0 Å². The lowest BCUT2D eigenvalue weighted by Gasteiger charge is -2.26. The van der Waals surface area contributed by atoms with Crippen molar-refractivity contribution in [1.29, 1.82) is 0 Å². The first kappa shape index (κ1) is 17.2. The minimum absolute atomic E-state index is 0.0477. The maximum atomic E-state index is 12.7. The molecule has 0 bridgehead atoms. The number of halogens is 2. The summed E-state index contributed by atoms with van der Waals surface area (Å²) in [5.74, 6) is 0.710. The van der Waals surface area contributed by atoms with Gasteiger partial charge in [0.2, 0.25) is 10.0 Å². The maximum absolute atomic E-state index is 12.7. The van der Waals surface area contributed by atoms with Crippen LogP contribution in [0.2, 0.25) is 10.0 Å². The van der Waals surface area contributed by atoms with Crippen LogP contribution in [0.25, 0.3) is 0 Å². The van der Waals surface area contributed by atoms with Gasteiger partial charge in [0.1, 0.15) is 4.90 Å². The van der Waals surface area contributed by atoms with E-state index in [-0.39, 0.29) is 23.0 Å². The fourth-order valence-corrected chi connectivity index (χ4v) is 5.66. The van der Waals surface area contributed by atoms with E-state index in [4.69, 9.17) is 23.2 Å². The third kappa shape index (κ3) is 3.78. The van der Waals surface area contributed by atoms with Crippen LogP contribution in [-0.2, 0) is 27.4 Å². The second-order valence-electron chi connectivity index (χ2n) is 4.66. The van der Waals surface area contributed by atoms with Crippen molar-refractivity contribution < 1.29 is 12.6 Å². The Balaban J connectivity index is 2.39. The van der Waals surface area contributed by atoms with Crippen LogP contribution in [0.5, 0.6) is 0 Å². The second kappa shape index (κ2) is 6.93. The molecular weight excluding hydrogens is 355 g/mol. The molecule has 21 heavy (non-hydrogen) atoms. The van der Waals surface area contributed by atoms with Gasteiger partial charge in [-0.1, -0.05) is 23.2 Å². The zero-order chi connectivity index (χ0) is 15.6. The molecule has 0 atom stereocenters. The topological polar surface area (TPSA) is 66.5 Å². The number of nitrogens with zero attached hydrogens (tertiary/aromatic N) is 1. The molecule has 118 valence electrons. The third-order valence-corrected chi connectivity index (χ3v) is 7.21. The summed E-state index contributed by atoms with van der Waals surface area (Å²) in [6.45, 7) is 0.938. The molecule has 1 aromatic carbocycles. The van der Waals surface area contributed by atoms with Crippen LogP contribution in [0.1, 0.15) is 5.56 Å². The second-order valence-corrected chi connectivity index (χ2v) is 9.07. The van der Waals surface area contributed by atoms with E-state index in [2.05, 4.69) is 5.32 Å². The Bertz CT molecular complexity index is 655. The van der Waals surface area contributed by atoms with Crippen LogP contribution >= 0.6 is 23.2 Å². The molecule has 1 saturated heterocycles. The van der Waals surface area contributed by atoms with Crippen LogP contribution in [-0.4, -0.2) is 48.6 Å². The van der Waals surface area contributed by atoms with Crippen molar-refractivity contribution in [1.82, 2.24) is 9.62 Å². The number of sulfonamides is 1. The molecule has 0 saturated carbocycles. The summed E-state index contributed by atoms with van der Waals surface area (Å²) in [7, 11) is -2.88. The molecule has 0 unspecified atom stereocenters. The number of hydrogen-bond acceptors (Lipinski definition) is 4. The minimum atomic E-state index is -3.69. The molecule has 0 aromatic heterocycles. The van der Waals surface area contributed by atoms with Gasteiger partial charge in [-0.25, -0.2) is 8.42 Å². The number of rotatable bonds is 4. The molecule has 1 fully saturated rings. The average molecular weight is 371 g/mol. The summed E-state index contributed by atoms with van der Waals surface area (Å²) < 4.78 is 38.0. The van der Waals surface area contributed by atoms with Crippen LogP contribution in [0, 0.1) is 0 Å². The van der Waals surface area contributed by atoms with E-state index < -0.39 is 20.8 Å². The van der Waals surface area contributed by atoms with E-state index in [1.165, 1.54) is 16.4 Å². The van der Waals surface area contributed by atoms with Gasteiger partial charge in [-0.05, 0) is 24.7 Å². The van der Waals surface area contributed by atoms with Gasteiger partial charge in [0, 0.05) is 47.0 Å². The van der Waals surface area contributed by atoms with Crippen molar-refractivity contribution >= 4 is 44.0 Å². The molecule has 5 nitrogen and oxygen atoms in total. The standard InChI is InChI=1S/C12H16Cl2N2O3S2/c1-15-8-9-6-12(11(14)7-10(9)13)21(18,19)16-2-4-20(17)5-3-16/h6-7,15H,2-5,8H2,1H3. The highest BCUT2D eigenvalue weighted by Gasteiger charge is 2.30.